The third-order valence-corrected chi connectivity index (χ3v) is 8.79. The number of benzene rings is 5. The fourth-order valence-corrected chi connectivity index (χ4v) is 5.63. The third-order valence-electron chi connectivity index (χ3n) is 8.79. The molecule has 5 heteroatoms. The molecular weight excluding hydrogens is 527 g/mol. The van der Waals surface area contributed by atoms with Gasteiger partial charge < -0.3 is 9.31 Å². The van der Waals surface area contributed by atoms with E-state index in [0.717, 1.165) is 44.3 Å². The molecule has 7 rings (SSSR count). The van der Waals surface area contributed by atoms with Crippen LogP contribution in [0.15, 0.2) is 127 Å². The van der Waals surface area contributed by atoms with E-state index in [4.69, 9.17) is 19.3 Å². The van der Waals surface area contributed by atoms with E-state index in [1.807, 2.05) is 24.3 Å². The zero-order chi connectivity index (χ0) is 29.6. The zero-order valence-corrected chi connectivity index (χ0v) is 24.9. The summed E-state index contributed by atoms with van der Waals surface area (Å²) in [6.07, 6.45) is 0. The normalized spacial score (nSPS) is 15.6. The molecule has 5 aromatic carbocycles. The Hall–Kier alpha value is -4.58. The highest BCUT2D eigenvalue weighted by atomic mass is 16.7. The van der Waals surface area contributed by atoms with Crippen LogP contribution in [0, 0.1) is 0 Å². The molecule has 0 amide bonds. The molecule has 0 saturated carbocycles. The van der Waals surface area contributed by atoms with Crippen LogP contribution in [-0.4, -0.2) is 28.3 Å². The van der Waals surface area contributed by atoms with Crippen molar-refractivity contribution >= 4 is 23.4 Å². The lowest BCUT2D eigenvalue weighted by Gasteiger charge is -2.32. The van der Waals surface area contributed by atoms with Crippen molar-refractivity contribution < 1.29 is 9.31 Å². The second-order valence-corrected chi connectivity index (χ2v) is 12.1. The summed E-state index contributed by atoms with van der Waals surface area (Å²) in [7, 11) is -0.451. The largest absolute Gasteiger partial charge is 0.495 e. The van der Waals surface area contributed by atoms with Crippen LogP contribution in [-0.2, 0) is 9.31 Å². The first-order valence-corrected chi connectivity index (χ1v) is 14.8. The fraction of sp³-hybridized carbons (Fsp3) is 0.158. The lowest BCUT2D eigenvalue weighted by Crippen LogP contribution is -2.41. The third kappa shape index (κ3) is 5.05. The van der Waals surface area contributed by atoms with Crippen LogP contribution in [0.25, 0.3) is 55.8 Å². The van der Waals surface area contributed by atoms with Crippen LogP contribution in [0.2, 0.25) is 0 Å². The lowest BCUT2D eigenvalue weighted by atomic mass is 9.75. The summed E-state index contributed by atoms with van der Waals surface area (Å²) in [5.41, 5.74) is 7.35. The molecule has 0 atom stereocenters. The average molecular weight is 561 g/mol. The minimum atomic E-state index is -0.451. The van der Waals surface area contributed by atoms with E-state index in [-0.39, 0.29) is 0 Å². The number of hydrogen-bond donors (Lipinski definition) is 0. The van der Waals surface area contributed by atoms with Crippen molar-refractivity contribution in [2.45, 2.75) is 38.9 Å². The van der Waals surface area contributed by atoms with Crippen LogP contribution in [0.5, 0.6) is 0 Å². The van der Waals surface area contributed by atoms with E-state index >= 15 is 0 Å². The molecule has 6 aromatic rings. The highest BCUT2D eigenvalue weighted by Crippen LogP contribution is 2.38. The van der Waals surface area contributed by atoms with Crippen LogP contribution >= 0.6 is 0 Å². The van der Waals surface area contributed by atoms with Crippen molar-refractivity contribution in [1.82, 2.24) is 9.97 Å². The van der Waals surface area contributed by atoms with Crippen molar-refractivity contribution in [2.24, 2.45) is 0 Å². The average Bonchev–Trinajstić information content (AvgIpc) is 3.27. The maximum atomic E-state index is 6.45. The summed E-state index contributed by atoms with van der Waals surface area (Å²) in [6.45, 7) is 8.35. The first kappa shape index (κ1) is 27.3. The topological polar surface area (TPSA) is 44.2 Å². The Labute approximate surface area is 253 Å². The summed E-state index contributed by atoms with van der Waals surface area (Å²) in [4.78, 5) is 10.2. The van der Waals surface area contributed by atoms with Gasteiger partial charge in [-0.05, 0) is 61.1 Å². The van der Waals surface area contributed by atoms with E-state index in [1.54, 1.807) is 0 Å². The number of nitrogens with zero attached hydrogens (tertiary/aromatic N) is 2. The van der Waals surface area contributed by atoms with Gasteiger partial charge in [-0.1, -0.05) is 121 Å². The van der Waals surface area contributed by atoms with Gasteiger partial charge in [0.05, 0.1) is 22.6 Å². The Kier molecular flexibility index (Phi) is 6.73. The predicted octanol–water partition coefficient (Wildman–Crippen LogP) is 8.60. The Morgan fingerprint density at radius 3 is 1.65 bits per heavy atom. The summed E-state index contributed by atoms with van der Waals surface area (Å²) >= 11 is 0. The monoisotopic (exact) mass is 560 g/mol. The number of fused-ring (bicyclic) bond motifs is 1. The molecule has 0 unspecified atom stereocenters. The van der Waals surface area contributed by atoms with E-state index in [9.17, 15) is 0 Å². The second kappa shape index (κ2) is 10.6. The van der Waals surface area contributed by atoms with Crippen molar-refractivity contribution in [2.75, 3.05) is 0 Å². The maximum Gasteiger partial charge on any atom is 0.495 e. The molecule has 1 aromatic heterocycles. The van der Waals surface area contributed by atoms with Gasteiger partial charge in [0.1, 0.15) is 0 Å². The number of aromatic nitrogens is 2. The summed E-state index contributed by atoms with van der Waals surface area (Å²) in [6, 6.07) is 44.0. The summed E-state index contributed by atoms with van der Waals surface area (Å²) < 4.78 is 12.9. The van der Waals surface area contributed by atoms with Crippen LogP contribution in [0.3, 0.4) is 0 Å². The minimum Gasteiger partial charge on any atom is -0.399 e. The van der Waals surface area contributed by atoms with Gasteiger partial charge in [0.15, 0.2) is 5.82 Å². The van der Waals surface area contributed by atoms with Gasteiger partial charge in [-0.2, -0.15) is 0 Å². The second-order valence-electron chi connectivity index (χ2n) is 12.1. The van der Waals surface area contributed by atoms with Gasteiger partial charge in [0.2, 0.25) is 0 Å². The molecule has 43 heavy (non-hydrogen) atoms. The Bertz CT molecular complexity index is 1900. The quantitative estimate of drug-likeness (QED) is 0.198. The first-order valence-electron chi connectivity index (χ1n) is 14.8. The van der Waals surface area contributed by atoms with E-state index in [1.165, 1.54) is 11.1 Å². The summed E-state index contributed by atoms with van der Waals surface area (Å²) in [5.74, 6) is 0.694. The van der Waals surface area contributed by atoms with Crippen molar-refractivity contribution in [1.29, 1.82) is 0 Å². The molecule has 1 aliphatic rings. The predicted molar refractivity (Wildman–Crippen MR) is 177 cm³/mol. The van der Waals surface area contributed by atoms with Gasteiger partial charge in [0.25, 0.3) is 0 Å². The molecular formula is C38H33BN2O2. The maximum absolute atomic E-state index is 6.45. The molecule has 0 bridgehead atoms. The van der Waals surface area contributed by atoms with Crippen molar-refractivity contribution in [3.8, 4) is 45.0 Å². The van der Waals surface area contributed by atoms with Gasteiger partial charge >= 0.3 is 7.12 Å². The Balaban J connectivity index is 1.36. The number of hydrogen-bond acceptors (Lipinski definition) is 4. The fourth-order valence-electron chi connectivity index (χ4n) is 5.63. The molecule has 1 saturated heterocycles. The van der Waals surface area contributed by atoms with Crippen LogP contribution in [0.1, 0.15) is 27.7 Å². The highest BCUT2D eigenvalue weighted by molar-refractivity contribution is 6.65. The van der Waals surface area contributed by atoms with Crippen molar-refractivity contribution in [3.63, 3.8) is 0 Å². The van der Waals surface area contributed by atoms with Crippen molar-refractivity contribution in [3.05, 3.63) is 127 Å². The Morgan fingerprint density at radius 1 is 0.488 bits per heavy atom. The smallest absolute Gasteiger partial charge is 0.399 e. The van der Waals surface area contributed by atoms with E-state index in [0.29, 0.717) is 5.82 Å². The molecule has 1 fully saturated rings. The van der Waals surface area contributed by atoms with Gasteiger partial charge in [-0.15, -0.1) is 0 Å². The van der Waals surface area contributed by atoms with Gasteiger partial charge in [-0.3, -0.25) is 0 Å². The SMILES string of the molecule is CC1(C)OB(c2ccc(-c3cc(-c4ccc(-c5ccccc5)cc4)nc(-c4ccccc4)n3)c3ccccc23)OC1(C)C. The van der Waals surface area contributed by atoms with Gasteiger partial charge in [-0.25, -0.2) is 9.97 Å². The highest BCUT2D eigenvalue weighted by Gasteiger charge is 2.52. The van der Waals surface area contributed by atoms with Crippen LogP contribution < -0.4 is 5.46 Å². The van der Waals surface area contributed by atoms with E-state index in [2.05, 4.69) is 131 Å². The van der Waals surface area contributed by atoms with Crippen LogP contribution in [0.4, 0.5) is 0 Å². The molecule has 0 radical (unpaired) electrons. The molecule has 2 heterocycles. The lowest BCUT2D eigenvalue weighted by molar-refractivity contribution is 0.00578. The first-order chi connectivity index (χ1) is 20.8. The summed E-state index contributed by atoms with van der Waals surface area (Å²) in [5, 5.41) is 2.19. The number of rotatable bonds is 5. The minimum absolute atomic E-state index is 0.417. The molecule has 0 aliphatic carbocycles. The molecule has 1 aliphatic heterocycles. The van der Waals surface area contributed by atoms with E-state index < -0.39 is 18.3 Å². The zero-order valence-electron chi connectivity index (χ0n) is 24.9. The standard InChI is InChI=1S/C38H33BN2O2/c1-37(2)38(3,4)43-39(42-37)33-24-23-32(30-17-11-12-18-31(30)33)35-25-34(40-36(41-35)29-15-9-6-10-16-29)28-21-19-27(20-22-28)26-13-7-5-8-14-26/h5-25H,1-4H3. The Morgan fingerprint density at radius 2 is 1.00 bits per heavy atom. The van der Waals surface area contributed by atoms with Gasteiger partial charge in [0, 0.05) is 16.7 Å². The molecule has 0 N–H and O–H groups in total. The molecule has 4 nitrogen and oxygen atoms in total. The molecule has 0 spiro atoms. The molecule has 210 valence electrons.